The van der Waals surface area contributed by atoms with Gasteiger partial charge in [-0.2, -0.15) is 0 Å². The highest BCUT2D eigenvalue weighted by Gasteiger charge is 2.36. The maximum atomic E-state index is 12.9. The van der Waals surface area contributed by atoms with Crippen molar-refractivity contribution in [1.29, 1.82) is 0 Å². The first-order valence-electron chi connectivity index (χ1n) is 8.03. The summed E-state index contributed by atoms with van der Waals surface area (Å²) in [5, 5.41) is 5.65. The van der Waals surface area contributed by atoms with Gasteiger partial charge in [0, 0.05) is 25.8 Å². The fourth-order valence-electron chi connectivity index (χ4n) is 2.83. The Morgan fingerprint density at radius 3 is 2.60 bits per heavy atom. The number of likely N-dealkylation sites (tertiary alicyclic amines) is 1. The molecule has 1 aliphatic rings. The summed E-state index contributed by atoms with van der Waals surface area (Å²) in [5.41, 5.74) is 0.517. The van der Waals surface area contributed by atoms with Crippen LogP contribution in [0.5, 0.6) is 0 Å². The van der Waals surface area contributed by atoms with Crippen molar-refractivity contribution in [3.8, 4) is 0 Å². The van der Waals surface area contributed by atoms with Gasteiger partial charge in [0.15, 0.2) is 5.96 Å². The van der Waals surface area contributed by atoms with E-state index in [0.29, 0.717) is 24.7 Å². The van der Waals surface area contributed by atoms with Gasteiger partial charge in [-0.1, -0.05) is 6.92 Å². The van der Waals surface area contributed by atoms with Crippen molar-refractivity contribution >= 4 is 23.5 Å². The van der Waals surface area contributed by atoms with Crippen LogP contribution < -0.4 is 10.6 Å². The highest BCUT2D eigenvalue weighted by Crippen LogP contribution is 2.24. The smallest absolute Gasteiger partial charge is 0.310 e. The number of rotatable bonds is 4. The van der Waals surface area contributed by atoms with Gasteiger partial charge in [0.25, 0.3) is 0 Å². The maximum absolute atomic E-state index is 12.9. The van der Waals surface area contributed by atoms with Crippen LogP contribution in [0.3, 0.4) is 0 Å². The van der Waals surface area contributed by atoms with Crippen LogP contribution in [-0.4, -0.2) is 56.5 Å². The van der Waals surface area contributed by atoms with E-state index in [4.69, 9.17) is 4.74 Å². The number of benzene rings is 1. The van der Waals surface area contributed by atoms with Crippen LogP contribution in [0.4, 0.5) is 10.1 Å². The highest BCUT2D eigenvalue weighted by molar-refractivity contribution is 5.95. The Balaban J connectivity index is 1.87. The molecule has 7 nitrogen and oxygen atoms in total. The molecule has 2 atom stereocenters. The molecule has 0 bridgehead atoms. The van der Waals surface area contributed by atoms with Gasteiger partial charge in [-0.3, -0.25) is 14.6 Å². The summed E-state index contributed by atoms with van der Waals surface area (Å²) < 4.78 is 17.7. The first kappa shape index (κ1) is 18.7. The molecular weight excluding hydrogens is 327 g/mol. The number of ether oxygens (including phenoxy) is 1. The van der Waals surface area contributed by atoms with Crippen LogP contribution in [0.15, 0.2) is 29.3 Å². The Morgan fingerprint density at radius 1 is 1.32 bits per heavy atom. The summed E-state index contributed by atoms with van der Waals surface area (Å²) in [6, 6.07) is 5.54. The van der Waals surface area contributed by atoms with Gasteiger partial charge in [0.05, 0.1) is 19.6 Å². The molecule has 1 aromatic rings. The quantitative estimate of drug-likeness (QED) is 0.482. The number of amides is 1. The summed E-state index contributed by atoms with van der Waals surface area (Å²) >= 11 is 0. The molecule has 1 amide bonds. The van der Waals surface area contributed by atoms with Gasteiger partial charge in [-0.15, -0.1) is 0 Å². The number of halogens is 1. The van der Waals surface area contributed by atoms with Crippen LogP contribution in [0.25, 0.3) is 0 Å². The molecule has 0 aromatic heterocycles. The normalized spacial score (nSPS) is 20.3. The minimum absolute atomic E-state index is 0.0117. The van der Waals surface area contributed by atoms with Crippen molar-refractivity contribution in [1.82, 2.24) is 10.2 Å². The number of guanidine groups is 1. The summed E-state index contributed by atoms with van der Waals surface area (Å²) in [7, 11) is 3.00. The van der Waals surface area contributed by atoms with Crippen LogP contribution in [-0.2, 0) is 14.3 Å². The summed E-state index contributed by atoms with van der Waals surface area (Å²) in [6.45, 7) is 3.14. The van der Waals surface area contributed by atoms with Crippen molar-refractivity contribution in [2.24, 2.45) is 16.8 Å². The second kappa shape index (κ2) is 8.46. The lowest BCUT2D eigenvalue weighted by Gasteiger charge is -2.21. The minimum Gasteiger partial charge on any atom is -0.469 e. The van der Waals surface area contributed by atoms with E-state index in [2.05, 4.69) is 15.6 Å². The fourth-order valence-corrected chi connectivity index (χ4v) is 2.83. The third-order valence-electron chi connectivity index (χ3n) is 4.16. The second-order valence-corrected chi connectivity index (χ2v) is 5.97. The topological polar surface area (TPSA) is 83.0 Å². The van der Waals surface area contributed by atoms with Crippen molar-refractivity contribution in [2.45, 2.75) is 6.92 Å². The molecule has 2 unspecified atom stereocenters. The summed E-state index contributed by atoms with van der Waals surface area (Å²) in [4.78, 5) is 29.9. The third kappa shape index (κ3) is 4.91. The molecule has 2 N–H and O–H groups in total. The molecule has 0 aliphatic carbocycles. The van der Waals surface area contributed by atoms with Crippen LogP contribution >= 0.6 is 0 Å². The number of hydrogen-bond donors (Lipinski definition) is 2. The molecule has 8 heteroatoms. The lowest BCUT2D eigenvalue weighted by atomic mass is 9.99. The van der Waals surface area contributed by atoms with Crippen molar-refractivity contribution in [2.75, 3.05) is 39.1 Å². The summed E-state index contributed by atoms with van der Waals surface area (Å²) in [5.74, 6) is -0.396. The number of nitrogens with zero attached hydrogens (tertiary/aromatic N) is 2. The van der Waals surface area contributed by atoms with E-state index < -0.39 is 0 Å². The van der Waals surface area contributed by atoms with Gasteiger partial charge in [-0.25, -0.2) is 4.39 Å². The molecule has 1 heterocycles. The predicted molar refractivity (Wildman–Crippen MR) is 92.6 cm³/mol. The molecule has 0 spiro atoms. The van der Waals surface area contributed by atoms with Gasteiger partial charge in [0.2, 0.25) is 5.91 Å². The van der Waals surface area contributed by atoms with E-state index in [1.807, 2.05) is 11.8 Å². The zero-order chi connectivity index (χ0) is 18.4. The standard InChI is InChI=1S/C17H23FN4O3/c1-11-9-22(10-14(11)16(24)25-3)17(19-2)20-8-15(23)21-13-6-4-12(18)5-7-13/h4-7,11,14H,8-10H2,1-3H3,(H,19,20)(H,21,23). The minimum atomic E-state index is -0.361. The van der Waals surface area contributed by atoms with Gasteiger partial charge in [0.1, 0.15) is 5.82 Å². The molecule has 25 heavy (non-hydrogen) atoms. The van der Waals surface area contributed by atoms with Gasteiger partial charge < -0.3 is 20.3 Å². The SMILES string of the molecule is CN=C(NCC(=O)Nc1ccc(F)cc1)N1CC(C)C(C(=O)OC)C1. The molecule has 136 valence electrons. The maximum Gasteiger partial charge on any atom is 0.310 e. The van der Waals surface area contributed by atoms with E-state index in [1.54, 1.807) is 7.05 Å². The Hall–Kier alpha value is -2.64. The zero-order valence-electron chi connectivity index (χ0n) is 14.6. The van der Waals surface area contributed by atoms with E-state index in [1.165, 1.54) is 31.4 Å². The first-order valence-corrected chi connectivity index (χ1v) is 8.03. The summed E-state index contributed by atoms with van der Waals surface area (Å²) in [6.07, 6.45) is 0. The Morgan fingerprint density at radius 2 is 2.00 bits per heavy atom. The van der Waals surface area contributed by atoms with E-state index in [0.717, 1.165) is 0 Å². The van der Waals surface area contributed by atoms with Crippen LogP contribution in [0, 0.1) is 17.7 Å². The predicted octanol–water partition coefficient (Wildman–Crippen LogP) is 1.08. The van der Waals surface area contributed by atoms with Gasteiger partial charge >= 0.3 is 5.97 Å². The average molecular weight is 350 g/mol. The Bertz CT molecular complexity index is 648. The number of methoxy groups -OCH3 is 1. The van der Waals surface area contributed by atoms with E-state index in [-0.39, 0.29) is 36.1 Å². The second-order valence-electron chi connectivity index (χ2n) is 5.97. The van der Waals surface area contributed by atoms with Crippen molar-refractivity contribution < 1.29 is 18.7 Å². The highest BCUT2D eigenvalue weighted by atomic mass is 19.1. The molecule has 2 rings (SSSR count). The number of esters is 1. The lowest BCUT2D eigenvalue weighted by Crippen LogP contribution is -2.43. The van der Waals surface area contributed by atoms with E-state index >= 15 is 0 Å². The van der Waals surface area contributed by atoms with Crippen molar-refractivity contribution in [3.63, 3.8) is 0 Å². The Labute approximate surface area is 146 Å². The third-order valence-corrected chi connectivity index (χ3v) is 4.16. The molecule has 0 radical (unpaired) electrons. The molecule has 1 fully saturated rings. The van der Waals surface area contributed by atoms with E-state index in [9.17, 15) is 14.0 Å². The number of carbonyl (C=O) groups is 2. The molecular formula is C17H23FN4O3. The Kier molecular flexibility index (Phi) is 6.32. The number of anilines is 1. The fraction of sp³-hybridized carbons (Fsp3) is 0.471. The monoisotopic (exact) mass is 350 g/mol. The molecule has 1 aliphatic heterocycles. The average Bonchev–Trinajstić information content (AvgIpc) is 2.98. The first-order chi connectivity index (χ1) is 11.9. The number of carbonyl (C=O) groups excluding carboxylic acids is 2. The number of hydrogen-bond acceptors (Lipinski definition) is 4. The largest absolute Gasteiger partial charge is 0.469 e. The number of nitrogens with one attached hydrogen (secondary N) is 2. The zero-order valence-corrected chi connectivity index (χ0v) is 14.6. The molecule has 0 saturated carbocycles. The molecule has 1 saturated heterocycles. The van der Waals surface area contributed by atoms with Crippen LogP contribution in [0.1, 0.15) is 6.92 Å². The van der Waals surface area contributed by atoms with Crippen molar-refractivity contribution in [3.05, 3.63) is 30.1 Å². The lowest BCUT2D eigenvalue weighted by molar-refractivity contribution is -0.146. The van der Waals surface area contributed by atoms with Crippen LogP contribution in [0.2, 0.25) is 0 Å². The van der Waals surface area contributed by atoms with Gasteiger partial charge in [-0.05, 0) is 30.2 Å². The molecule has 1 aromatic carbocycles. The number of aliphatic imine (C=N–C) groups is 1.